The fourth-order valence-electron chi connectivity index (χ4n) is 1.51. The van der Waals surface area contributed by atoms with Crippen LogP contribution in [-0.4, -0.2) is 26.8 Å². The lowest BCUT2D eigenvalue weighted by atomic mass is 10.1. The summed E-state index contributed by atoms with van der Waals surface area (Å²) in [4.78, 5) is 11.2. The molecule has 1 aromatic carbocycles. The molecular formula is C14H20O4. The van der Waals surface area contributed by atoms with Gasteiger partial charge in [-0.25, -0.2) is 0 Å². The van der Waals surface area contributed by atoms with Gasteiger partial charge in [0.25, 0.3) is 0 Å². The number of carbonyl (C=O) groups is 1. The van der Waals surface area contributed by atoms with Crippen LogP contribution in [0.3, 0.4) is 0 Å². The first-order chi connectivity index (χ1) is 8.71. The maximum Gasteiger partial charge on any atom is 0.309 e. The number of hydrogen-bond donors (Lipinski definition) is 0. The van der Waals surface area contributed by atoms with Gasteiger partial charge in [-0.05, 0) is 24.1 Å². The third-order valence-electron chi connectivity index (χ3n) is 2.56. The monoisotopic (exact) mass is 252 g/mol. The summed E-state index contributed by atoms with van der Waals surface area (Å²) in [5.74, 6) is 1.09. The smallest absolute Gasteiger partial charge is 0.309 e. The van der Waals surface area contributed by atoms with Crippen molar-refractivity contribution >= 4 is 5.97 Å². The number of benzene rings is 1. The van der Waals surface area contributed by atoms with E-state index in [1.54, 1.807) is 13.2 Å². The molecule has 0 bridgehead atoms. The average molecular weight is 252 g/mol. The molecule has 0 N–H and O–H groups in total. The molecule has 0 fully saturated rings. The van der Waals surface area contributed by atoms with E-state index in [1.165, 1.54) is 7.11 Å². The molecular weight excluding hydrogens is 232 g/mol. The number of methoxy groups -OCH3 is 2. The molecule has 0 aliphatic heterocycles. The van der Waals surface area contributed by atoms with E-state index in [9.17, 15) is 4.79 Å². The fraction of sp³-hybridized carbons (Fsp3) is 0.500. The molecule has 100 valence electrons. The zero-order valence-electron chi connectivity index (χ0n) is 11.2. The van der Waals surface area contributed by atoms with E-state index in [-0.39, 0.29) is 12.4 Å². The Balaban J connectivity index is 2.73. The SMILES string of the molecule is CCCCOc1ccc(CC(=O)OC)cc1OC. The van der Waals surface area contributed by atoms with Crippen LogP contribution in [0.25, 0.3) is 0 Å². The Morgan fingerprint density at radius 2 is 2.00 bits per heavy atom. The molecule has 0 amide bonds. The van der Waals surface area contributed by atoms with Crippen molar-refractivity contribution < 1.29 is 19.0 Å². The Hall–Kier alpha value is -1.71. The van der Waals surface area contributed by atoms with Gasteiger partial charge in [-0.1, -0.05) is 19.4 Å². The topological polar surface area (TPSA) is 44.8 Å². The van der Waals surface area contributed by atoms with Gasteiger partial charge in [-0.2, -0.15) is 0 Å². The van der Waals surface area contributed by atoms with Crippen LogP contribution < -0.4 is 9.47 Å². The summed E-state index contributed by atoms with van der Waals surface area (Å²) in [6.07, 6.45) is 2.33. The third kappa shape index (κ3) is 4.28. The largest absolute Gasteiger partial charge is 0.493 e. The first kappa shape index (κ1) is 14.4. The van der Waals surface area contributed by atoms with Crippen LogP contribution in [-0.2, 0) is 16.0 Å². The molecule has 4 heteroatoms. The lowest BCUT2D eigenvalue weighted by molar-refractivity contribution is -0.139. The Morgan fingerprint density at radius 1 is 1.22 bits per heavy atom. The predicted molar refractivity (Wildman–Crippen MR) is 69.1 cm³/mol. The van der Waals surface area contributed by atoms with Crippen molar-refractivity contribution in [3.63, 3.8) is 0 Å². The van der Waals surface area contributed by atoms with Crippen LogP contribution >= 0.6 is 0 Å². The molecule has 0 spiro atoms. The number of unbranched alkanes of at least 4 members (excludes halogenated alkanes) is 1. The summed E-state index contributed by atoms with van der Waals surface area (Å²) >= 11 is 0. The highest BCUT2D eigenvalue weighted by Crippen LogP contribution is 2.28. The van der Waals surface area contributed by atoms with Crippen molar-refractivity contribution in [1.29, 1.82) is 0 Å². The summed E-state index contributed by atoms with van der Waals surface area (Å²) in [5.41, 5.74) is 0.849. The van der Waals surface area contributed by atoms with E-state index in [4.69, 9.17) is 9.47 Å². The van der Waals surface area contributed by atoms with Gasteiger partial charge >= 0.3 is 5.97 Å². The quantitative estimate of drug-likeness (QED) is 0.552. The second-order valence-corrected chi connectivity index (χ2v) is 3.94. The molecule has 0 saturated heterocycles. The summed E-state index contributed by atoms with van der Waals surface area (Å²) in [6, 6.07) is 5.48. The molecule has 0 aromatic heterocycles. The lowest BCUT2D eigenvalue weighted by Gasteiger charge is -2.11. The lowest BCUT2D eigenvalue weighted by Crippen LogP contribution is -2.05. The van der Waals surface area contributed by atoms with E-state index >= 15 is 0 Å². The second-order valence-electron chi connectivity index (χ2n) is 3.94. The van der Waals surface area contributed by atoms with E-state index in [1.807, 2.05) is 12.1 Å². The molecule has 1 rings (SSSR count). The zero-order chi connectivity index (χ0) is 13.4. The molecule has 4 nitrogen and oxygen atoms in total. The maximum atomic E-state index is 11.2. The van der Waals surface area contributed by atoms with Crippen molar-refractivity contribution in [2.75, 3.05) is 20.8 Å². The van der Waals surface area contributed by atoms with Crippen molar-refractivity contribution in [1.82, 2.24) is 0 Å². The van der Waals surface area contributed by atoms with Crippen molar-refractivity contribution in [2.24, 2.45) is 0 Å². The molecule has 1 aromatic rings. The highest BCUT2D eigenvalue weighted by molar-refractivity contribution is 5.72. The minimum atomic E-state index is -0.267. The standard InChI is InChI=1S/C14H20O4/c1-4-5-8-18-12-7-6-11(9-13(12)16-2)10-14(15)17-3/h6-7,9H,4-5,8,10H2,1-3H3. The van der Waals surface area contributed by atoms with Gasteiger partial charge in [0, 0.05) is 0 Å². The highest BCUT2D eigenvalue weighted by Gasteiger charge is 2.08. The summed E-state index contributed by atoms with van der Waals surface area (Å²) in [6.45, 7) is 2.78. The number of carbonyl (C=O) groups excluding carboxylic acids is 1. The fourth-order valence-corrected chi connectivity index (χ4v) is 1.51. The first-order valence-corrected chi connectivity index (χ1v) is 6.07. The van der Waals surface area contributed by atoms with Crippen molar-refractivity contribution in [3.8, 4) is 11.5 Å². The minimum Gasteiger partial charge on any atom is -0.493 e. The van der Waals surface area contributed by atoms with Gasteiger partial charge in [-0.3, -0.25) is 4.79 Å². The van der Waals surface area contributed by atoms with Crippen LogP contribution in [0, 0.1) is 0 Å². The van der Waals surface area contributed by atoms with Crippen molar-refractivity contribution in [3.05, 3.63) is 23.8 Å². The molecule has 18 heavy (non-hydrogen) atoms. The molecule has 0 saturated carbocycles. The number of rotatable bonds is 7. The van der Waals surface area contributed by atoms with Crippen LogP contribution in [0.15, 0.2) is 18.2 Å². The van der Waals surface area contributed by atoms with Gasteiger partial charge in [0.2, 0.25) is 0 Å². The average Bonchev–Trinajstić information content (AvgIpc) is 2.40. The summed E-state index contributed by atoms with van der Waals surface area (Å²) in [5, 5.41) is 0. The van der Waals surface area contributed by atoms with Crippen LogP contribution in [0.4, 0.5) is 0 Å². The zero-order valence-corrected chi connectivity index (χ0v) is 11.2. The highest BCUT2D eigenvalue weighted by atomic mass is 16.5. The van der Waals surface area contributed by atoms with E-state index in [2.05, 4.69) is 11.7 Å². The first-order valence-electron chi connectivity index (χ1n) is 6.07. The second kappa shape index (κ2) is 7.58. The molecule has 0 aliphatic rings. The van der Waals surface area contributed by atoms with Crippen LogP contribution in [0.5, 0.6) is 11.5 Å². The van der Waals surface area contributed by atoms with Gasteiger partial charge < -0.3 is 14.2 Å². The van der Waals surface area contributed by atoms with E-state index in [0.29, 0.717) is 18.1 Å². The normalized spacial score (nSPS) is 9.94. The molecule has 0 radical (unpaired) electrons. The number of hydrogen-bond acceptors (Lipinski definition) is 4. The van der Waals surface area contributed by atoms with Gasteiger partial charge in [-0.15, -0.1) is 0 Å². The predicted octanol–water partition coefficient (Wildman–Crippen LogP) is 2.59. The Labute approximate surface area is 108 Å². The minimum absolute atomic E-state index is 0.238. The van der Waals surface area contributed by atoms with E-state index in [0.717, 1.165) is 18.4 Å². The molecule has 0 aliphatic carbocycles. The summed E-state index contributed by atoms with van der Waals surface area (Å²) < 4.78 is 15.5. The third-order valence-corrected chi connectivity index (χ3v) is 2.56. The Morgan fingerprint density at radius 3 is 2.61 bits per heavy atom. The van der Waals surface area contributed by atoms with Crippen LogP contribution in [0.1, 0.15) is 25.3 Å². The van der Waals surface area contributed by atoms with Gasteiger partial charge in [0.05, 0.1) is 27.2 Å². The Bertz CT molecular complexity index is 387. The van der Waals surface area contributed by atoms with Crippen LogP contribution in [0.2, 0.25) is 0 Å². The number of esters is 1. The maximum absolute atomic E-state index is 11.2. The number of ether oxygens (including phenoxy) is 3. The van der Waals surface area contributed by atoms with Crippen molar-refractivity contribution in [2.45, 2.75) is 26.2 Å². The Kier molecular flexibility index (Phi) is 6.05. The summed E-state index contributed by atoms with van der Waals surface area (Å²) in [7, 11) is 2.96. The molecule has 0 atom stereocenters. The molecule has 0 unspecified atom stereocenters. The van der Waals surface area contributed by atoms with E-state index < -0.39 is 0 Å². The van der Waals surface area contributed by atoms with Gasteiger partial charge in [0.1, 0.15) is 0 Å². The molecule has 0 heterocycles. The van der Waals surface area contributed by atoms with Gasteiger partial charge in [0.15, 0.2) is 11.5 Å².